The number of aromatic nitrogens is 1. The molecule has 1 aromatic carbocycles. The van der Waals surface area contributed by atoms with Crippen LogP contribution < -0.4 is 10.2 Å². The second-order valence-electron chi connectivity index (χ2n) is 5.62. The van der Waals surface area contributed by atoms with Crippen LogP contribution in [0.4, 0.5) is 18.3 Å². The molecule has 1 amide bonds. The molecule has 0 aliphatic carbocycles. The third kappa shape index (κ3) is 4.05. The maximum atomic E-state index is 12.8. The molecule has 0 unspecified atom stereocenters. The molecule has 0 spiro atoms. The Morgan fingerprint density at radius 3 is 2.54 bits per heavy atom. The number of anilines is 1. The van der Waals surface area contributed by atoms with Gasteiger partial charge in [0.05, 0.1) is 17.3 Å². The first kappa shape index (κ1) is 18.3. The molecule has 0 saturated carbocycles. The number of hydrogen-bond donors (Lipinski definition) is 1. The highest BCUT2D eigenvalue weighted by molar-refractivity contribution is 7.17. The van der Waals surface area contributed by atoms with Crippen LogP contribution in [0.2, 0.25) is 0 Å². The van der Waals surface area contributed by atoms with Gasteiger partial charge in [0, 0.05) is 14.1 Å². The first-order chi connectivity index (χ1) is 11.1. The topological polar surface area (TPSA) is 45.2 Å². The van der Waals surface area contributed by atoms with E-state index in [4.69, 9.17) is 0 Å². The number of aryl methyl sites for hydroxylation is 1. The van der Waals surface area contributed by atoms with Crippen LogP contribution in [0.3, 0.4) is 0 Å². The van der Waals surface area contributed by atoms with E-state index in [2.05, 4.69) is 10.3 Å². The standard InChI is InChI=1S/C16H18F3N3OS/c1-9(11-6-5-7-12(8-11)16(17,18)19)20-14(23)13-10(2)21-15(24-13)22(3)4/h5-9H,1-4H3,(H,20,23)/t9-/m1/s1. The monoisotopic (exact) mass is 357 g/mol. The van der Waals surface area contributed by atoms with Crippen LogP contribution in [0.5, 0.6) is 0 Å². The van der Waals surface area contributed by atoms with Gasteiger partial charge in [0.2, 0.25) is 0 Å². The van der Waals surface area contributed by atoms with Crippen LogP contribution in [0.25, 0.3) is 0 Å². The van der Waals surface area contributed by atoms with Gasteiger partial charge in [0.15, 0.2) is 5.13 Å². The van der Waals surface area contributed by atoms with Crippen molar-refractivity contribution in [3.63, 3.8) is 0 Å². The summed E-state index contributed by atoms with van der Waals surface area (Å²) in [7, 11) is 3.65. The van der Waals surface area contributed by atoms with E-state index in [0.717, 1.165) is 12.1 Å². The largest absolute Gasteiger partial charge is 0.416 e. The van der Waals surface area contributed by atoms with Crippen molar-refractivity contribution in [2.75, 3.05) is 19.0 Å². The summed E-state index contributed by atoms with van der Waals surface area (Å²) in [5, 5.41) is 3.43. The fourth-order valence-corrected chi connectivity index (χ4v) is 3.01. The van der Waals surface area contributed by atoms with Gasteiger partial charge in [-0.3, -0.25) is 4.79 Å². The third-order valence-corrected chi connectivity index (χ3v) is 4.76. The lowest BCUT2D eigenvalue weighted by Gasteiger charge is -2.16. The molecule has 1 atom stereocenters. The van der Waals surface area contributed by atoms with E-state index in [1.165, 1.54) is 17.4 Å². The Morgan fingerprint density at radius 2 is 2.00 bits per heavy atom. The average molecular weight is 357 g/mol. The van der Waals surface area contributed by atoms with Crippen molar-refractivity contribution in [2.45, 2.75) is 26.1 Å². The van der Waals surface area contributed by atoms with Gasteiger partial charge in [-0.15, -0.1) is 0 Å². The Kier molecular flexibility index (Phi) is 5.17. The Labute approximate surface area is 142 Å². The minimum absolute atomic E-state index is 0.344. The number of alkyl halides is 3. The predicted octanol–water partition coefficient (Wildman–Crippen LogP) is 4.03. The number of thiazole rings is 1. The summed E-state index contributed by atoms with van der Waals surface area (Å²) >= 11 is 1.24. The quantitative estimate of drug-likeness (QED) is 0.899. The van der Waals surface area contributed by atoms with Gasteiger partial charge in [0.1, 0.15) is 4.88 Å². The second-order valence-corrected chi connectivity index (χ2v) is 6.60. The minimum Gasteiger partial charge on any atom is -0.354 e. The summed E-state index contributed by atoms with van der Waals surface area (Å²) in [5.41, 5.74) is 0.260. The van der Waals surface area contributed by atoms with E-state index in [0.29, 0.717) is 21.3 Å². The van der Waals surface area contributed by atoms with Crippen LogP contribution in [0.15, 0.2) is 24.3 Å². The maximum Gasteiger partial charge on any atom is 0.416 e. The van der Waals surface area contributed by atoms with Gasteiger partial charge in [-0.1, -0.05) is 23.5 Å². The average Bonchev–Trinajstić information content (AvgIpc) is 2.89. The molecule has 24 heavy (non-hydrogen) atoms. The van der Waals surface area contributed by atoms with E-state index in [9.17, 15) is 18.0 Å². The molecular formula is C16H18F3N3OS. The highest BCUT2D eigenvalue weighted by Crippen LogP contribution is 2.31. The number of rotatable bonds is 4. The zero-order valence-corrected chi connectivity index (χ0v) is 14.5. The molecule has 8 heteroatoms. The Morgan fingerprint density at radius 1 is 1.33 bits per heavy atom. The molecule has 2 aromatic rings. The maximum absolute atomic E-state index is 12.8. The molecule has 2 rings (SSSR count). The van der Waals surface area contributed by atoms with E-state index in [1.807, 2.05) is 14.1 Å². The fraction of sp³-hybridized carbons (Fsp3) is 0.375. The second kappa shape index (κ2) is 6.80. The third-order valence-electron chi connectivity index (χ3n) is 3.44. The van der Waals surface area contributed by atoms with Crippen molar-refractivity contribution in [2.24, 2.45) is 0 Å². The Bertz CT molecular complexity index is 740. The predicted molar refractivity (Wildman–Crippen MR) is 88.5 cm³/mol. The molecule has 1 heterocycles. The van der Waals surface area contributed by atoms with E-state index in [-0.39, 0.29) is 5.91 Å². The highest BCUT2D eigenvalue weighted by atomic mass is 32.1. The minimum atomic E-state index is -4.41. The number of amides is 1. The summed E-state index contributed by atoms with van der Waals surface area (Å²) < 4.78 is 38.4. The van der Waals surface area contributed by atoms with Crippen molar-refractivity contribution in [1.29, 1.82) is 0 Å². The summed E-state index contributed by atoms with van der Waals surface area (Å²) in [5.74, 6) is -0.344. The smallest absolute Gasteiger partial charge is 0.354 e. The van der Waals surface area contributed by atoms with Gasteiger partial charge < -0.3 is 10.2 Å². The lowest BCUT2D eigenvalue weighted by Crippen LogP contribution is -2.26. The van der Waals surface area contributed by atoms with Gasteiger partial charge in [0.25, 0.3) is 5.91 Å². The van der Waals surface area contributed by atoms with E-state index >= 15 is 0 Å². The lowest BCUT2D eigenvalue weighted by molar-refractivity contribution is -0.137. The molecule has 0 fully saturated rings. The molecule has 0 saturated heterocycles. The normalized spacial score (nSPS) is 12.8. The van der Waals surface area contributed by atoms with Gasteiger partial charge in [-0.05, 0) is 31.5 Å². The number of carbonyl (C=O) groups excluding carboxylic acids is 1. The van der Waals surface area contributed by atoms with Crippen molar-refractivity contribution >= 4 is 22.4 Å². The number of halogens is 3. The lowest BCUT2D eigenvalue weighted by atomic mass is 10.0. The van der Waals surface area contributed by atoms with Crippen LogP contribution >= 0.6 is 11.3 Å². The first-order valence-electron chi connectivity index (χ1n) is 7.22. The molecule has 130 valence electrons. The summed E-state index contributed by atoms with van der Waals surface area (Å²) in [6.45, 7) is 3.38. The van der Waals surface area contributed by atoms with Crippen LogP contribution in [0.1, 0.15) is 39.5 Å². The molecule has 0 aliphatic heterocycles. The zero-order chi connectivity index (χ0) is 18.1. The molecule has 1 aromatic heterocycles. The van der Waals surface area contributed by atoms with Crippen LogP contribution in [-0.4, -0.2) is 25.0 Å². The molecule has 4 nitrogen and oxygen atoms in total. The van der Waals surface area contributed by atoms with Gasteiger partial charge in [-0.2, -0.15) is 13.2 Å². The number of nitrogens with one attached hydrogen (secondary N) is 1. The summed E-state index contributed by atoms with van der Waals surface area (Å²) in [6, 6.07) is 4.40. The van der Waals surface area contributed by atoms with Crippen LogP contribution in [0, 0.1) is 6.92 Å². The van der Waals surface area contributed by atoms with Gasteiger partial charge >= 0.3 is 6.18 Å². The van der Waals surface area contributed by atoms with Crippen molar-refractivity contribution in [3.05, 3.63) is 46.0 Å². The Hall–Kier alpha value is -2.09. The van der Waals surface area contributed by atoms with Crippen molar-refractivity contribution < 1.29 is 18.0 Å². The highest BCUT2D eigenvalue weighted by Gasteiger charge is 2.31. The fourth-order valence-electron chi connectivity index (χ4n) is 2.11. The molecule has 0 bridgehead atoms. The van der Waals surface area contributed by atoms with E-state index in [1.54, 1.807) is 24.8 Å². The number of nitrogens with zero attached hydrogens (tertiary/aromatic N) is 2. The van der Waals surface area contributed by atoms with Crippen LogP contribution in [-0.2, 0) is 6.18 Å². The van der Waals surface area contributed by atoms with Gasteiger partial charge in [-0.25, -0.2) is 4.98 Å². The Balaban J connectivity index is 2.17. The number of carbonyl (C=O) groups is 1. The summed E-state index contributed by atoms with van der Waals surface area (Å²) in [4.78, 5) is 18.9. The number of hydrogen-bond acceptors (Lipinski definition) is 4. The SMILES string of the molecule is Cc1nc(N(C)C)sc1C(=O)N[C@H](C)c1cccc(C(F)(F)F)c1. The summed E-state index contributed by atoms with van der Waals surface area (Å²) in [6.07, 6.45) is -4.41. The zero-order valence-electron chi connectivity index (χ0n) is 13.7. The molecule has 0 aliphatic rings. The first-order valence-corrected chi connectivity index (χ1v) is 8.04. The van der Waals surface area contributed by atoms with Crippen molar-refractivity contribution in [1.82, 2.24) is 10.3 Å². The van der Waals surface area contributed by atoms with Crippen molar-refractivity contribution in [3.8, 4) is 0 Å². The molecule has 0 radical (unpaired) electrons. The number of benzene rings is 1. The molecular weight excluding hydrogens is 339 g/mol. The molecule has 1 N–H and O–H groups in total. The van der Waals surface area contributed by atoms with E-state index < -0.39 is 17.8 Å².